The average Bonchev–Trinajstić information content (AvgIpc) is 2.18. The van der Waals surface area contributed by atoms with Gasteiger partial charge in [0.25, 0.3) is 0 Å². The number of rotatable bonds is 4. The minimum Gasteiger partial charge on any atom is -0.382 e. The molecule has 0 aliphatic carbocycles. The summed E-state index contributed by atoms with van der Waals surface area (Å²) >= 11 is 0. The highest BCUT2D eigenvalue weighted by Gasteiger charge is 2.05. The summed E-state index contributed by atoms with van der Waals surface area (Å²) < 4.78 is 0. The number of nitrogens with zero attached hydrogens (tertiary/aromatic N) is 3. The van der Waals surface area contributed by atoms with Crippen molar-refractivity contribution >= 4 is 11.8 Å². The van der Waals surface area contributed by atoms with Gasteiger partial charge in [0, 0.05) is 19.8 Å². The van der Waals surface area contributed by atoms with Gasteiger partial charge in [-0.1, -0.05) is 6.92 Å². The molecule has 5 nitrogen and oxygen atoms in total. The van der Waals surface area contributed by atoms with Crippen LogP contribution >= 0.6 is 0 Å². The molecule has 0 atom stereocenters. The quantitative estimate of drug-likeness (QED) is 0.542. The predicted octanol–water partition coefficient (Wildman–Crippen LogP) is 0.607. The summed E-state index contributed by atoms with van der Waals surface area (Å²) in [5.74, 6) is 0.582. The molecule has 1 rings (SSSR count). The van der Waals surface area contributed by atoms with Gasteiger partial charge >= 0.3 is 0 Å². The number of anilines is 1. The lowest BCUT2D eigenvalue weighted by atomic mass is 10.4. The zero-order valence-corrected chi connectivity index (χ0v) is 8.49. The molecule has 0 saturated carbocycles. The van der Waals surface area contributed by atoms with Crippen molar-refractivity contribution in [1.82, 2.24) is 9.97 Å². The van der Waals surface area contributed by atoms with Crippen LogP contribution in [0.2, 0.25) is 0 Å². The Morgan fingerprint density at radius 3 is 2.93 bits per heavy atom. The van der Waals surface area contributed by atoms with E-state index >= 15 is 0 Å². The molecule has 0 aromatic carbocycles. The van der Waals surface area contributed by atoms with Gasteiger partial charge in [0.15, 0.2) is 0 Å². The highest BCUT2D eigenvalue weighted by atomic mass is 15.2. The third kappa shape index (κ3) is 2.42. The van der Waals surface area contributed by atoms with E-state index in [-0.39, 0.29) is 5.84 Å². The monoisotopic (exact) mass is 193 g/mol. The van der Waals surface area contributed by atoms with Crippen molar-refractivity contribution in [3.05, 3.63) is 18.0 Å². The third-order valence-corrected chi connectivity index (χ3v) is 1.82. The van der Waals surface area contributed by atoms with E-state index in [1.165, 1.54) is 0 Å². The number of aromatic nitrogens is 2. The van der Waals surface area contributed by atoms with Gasteiger partial charge in [-0.05, 0) is 12.5 Å². The highest BCUT2D eigenvalue weighted by molar-refractivity contribution is 5.93. The number of nitrogens with one attached hydrogen (secondary N) is 1. The van der Waals surface area contributed by atoms with Crippen molar-refractivity contribution in [1.29, 1.82) is 5.41 Å². The minimum atomic E-state index is -0.0291. The number of hydrogen-bond donors (Lipinski definition) is 2. The van der Waals surface area contributed by atoms with E-state index in [0.717, 1.165) is 13.0 Å². The highest BCUT2D eigenvalue weighted by Crippen LogP contribution is 2.05. The summed E-state index contributed by atoms with van der Waals surface area (Å²) in [7, 11) is 1.92. The lowest BCUT2D eigenvalue weighted by molar-refractivity contribution is 0.817. The van der Waals surface area contributed by atoms with Crippen LogP contribution in [0.15, 0.2) is 12.3 Å². The summed E-state index contributed by atoms with van der Waals surface area (Å²) in [4.78, 5) is 10.2. The van der Waals surface area contributed by atoms with Crippen molar-refractivity contribution in [3.63, 3.8) is 0 Å². The molecule has 76 valence electrons. The van der Waals surface area contributed by atoms with Crippen LogP contribution in [-0.2, 0) is 0 Å². The van der Waals surface area contributed by atoms with Crippen LogP contribution in [0.4, 0.5) is 5.95 Å². The summed E-state index contributed by atoms with van der Waals surface area (Å²) in [6, 6.07) is 1.63. The van der Waals surface area contributed by atoms with Crippen LogP contribution < -0.4 is 10.6 Å². The molecule has 0 radical (unpaired) electrons. The molecule has 0 aliphatic heterocycles. The van der Waals surface area contributed by atoms with Crippen molar-refractivity contribution in [2.45, 2.75) is 13.3 Å². The molecule has 0 amide bonds. The van der Waals surface area contributed by atoms with Crippen LogP contribution in [-0.4, -0.2) is 29.4 Å². The van der Waals surface area contributed by atoms with Crippen molar-refractivity contribution in [3.8, 4) is 0 Å². The standard InChI is InChI=1S/C9H15N5/c1-3-6-14(2)9-12-5-4-7(13-9)8(10)11/h4-5H,3,6H2,1-2H3,(H3,10,11). The second kappa shape index (κ2) is 4.55. The van der Waals surface area contributed by atoms with E-state index in [1.807, 2.05) is 11.9 Å². The molecule has 1 aromatic heterocycles. The van der Waals surface area contributed by atoms with Crippen LogP contribution in [0.25, 0.3) is 0 Å². The molecule has 5 heteroatoms. The fourth-order valence-corrected chi connectivity index (χ4v) is 1.12. The van der Waals surface area contributed by atoms with E-state index in [9.17, 15) is 0 Å². The largest absolute Gasteiger partial charge is 0.382 e. The Morgan fingerprint density at radius 1 is 1.64 bits per heavy atom. The molecule has 0 aliphatic rings. The molecule has 0 unspecified atom stereocenters. The van der Waals surface area contributed by atoms with Crippen LogP contribution in [0.3, 0.4) is 0 Å². The summed E-state index contributed by atoms with van der Waals surface area (Å²) in [6.45, 7) is 2.98. The molecular formula is C9H15N5. The Bertz CT molecular complexity index is 323. The first-order valence-electron chi connectivity index (χ1n) is 4.53. The van der Waals surface area contributed by atoms with E-state index in [1.54, 1.807) is 12.3 Å². The Labute approximate surface area is 83.5 Å². The van der Waals surface area contributed by atoms with Gasteiger partial charge in [-0.2, -0.15) is 0 Å². The lowest BCUT2D eigenvalue weighted by Crippen LogP contribution is -2.22. The van der Waals surface area contributed by atoms with Crippen LogP contribution in [0.5, 0.6) is 0 Å². The molecule has 0 spiro atoms. The van der Waals surface area contributed by atoms with E-state index in [4.69, 9.17) is 11.1 Å². The number of nitrogen functional groups attached to an aromatic ring is 1. The maximum Gasteiger partial charge on any atom is 0.225 e. The van der Waals surface area contributed by atoms with E-state index in [0.29, 0.717) is 11.6 Å². The topological polar surface area (TPSA) is 78.9 Å². The number of nitrogens with two attached hydrogens (primary N) is 1. The molecule has 1 heterocycles. The number of hydrogen-bond acceptors (Lipinski definition) is 4. The Kier molecular flexibility index (Phi) is 3.39. The number of amidine groups is 1. The molecule has 3 N–H and O–H groups in total. The van der Waals surface area contributed by atoms with Gasteiger partial charge < -0.3 is 10.6 Å². The molecule has 0 saturated heterocycles. The van der Waals surface area contributed by atoms with Crippen LogP contribution in [0, 0.1) is 5.41 Å². The Balaban J connectivity index is 2.87. The van der Waals surface area contributed by atoms with Crippen LogP contribution in [0.1, 0.15) is 19.0 Å². The average molecular weight is 193 g/mol. The van der Waals surface area contributed by atoms with Gasteiger partial charge in [-0.15, -0.1) is 0 Å². The van der Waals surface area contributed by atoms with Gasteiger partial charge in [0.05, 0.1) is 0 Å². The van der Waals surface area contributed by atoms with Gasteiger partial charge in [0.1, 0.15) is 11.5 Å². The summed E-state index contributed by atoms with van der Waals surface area (Å²) in [6.07, 6.45) is 2.65. The van der Waals surface area contributed by atoms with E-state index in [2.05, 4.69) is 16.9 Å². The second-order valence-electron chi connectivity index (χ2n) is 3.08. The summed E-state index contributed by atoms with van der Waals surface area (Å²) in [5.41, 5.74) is 5.80. The minimum absolute atomic E-state index is 0.0291. The fraction of sp³-hybridized carbons (Fsp3) is 0.444. The van der Waals surface area contributed by atoms with Gasteiger partial charge in [-0.25, -0.2) is 9.97 Å². The maximum absolute atomic E-state index is 7.24. The van der Waals surface area contributed by atoms with Crippen molar-refractivity contribution in [2.24, 2.45) is 5.73 Å². The maximum atomic E-state index is 7.24. The molecule has 0 bridgehead atoms. The fourth-order valence-electron chi connectivity index (χ4n) is 1.12. The predicted molar refractivity (Wildman–Crippen MR) is 56.6 cm³/mol. The molecule has 14 heavy (non-hydrogen) atoms. The first-order valence-corrected chi connectivity index (χ1v) is 4.53. The van der Waals surface area contributed by atoms with E-state index < -0.39 is 0 Å². The Hall–Kier alpha value is -1.65. The first kappa shape index (κ1) is 10.4. The SMILES string of the molecule is CCCN(C)c1nccc(C(=N)N)n1. The molecule has 0 fully saturated rings. The zero-order chi connectivity index (χ0) is 10.6. The first-order chi connectivity index (χ1) is 6.65. The second-order valence-corrected chi connectivity index (χ2v) is 3.08. The van der Waals surface area contributed by atoms with Crippen molar-refractivity contribution in [2.75, 3.05) is 18.5 Å². The normalized spacial score (nSPS) is 9.86. The summed E-state index contributed by atoms with van der Waals surface area (Å²) in [5, 5.41) is 7.24. The zero-order valence-electron chi connectivity index (χ0n) is 8.49. The molecule has 1 aromatic rings. The molecular weight excluding hydrogens is 178 g/mol. The van der Waals surface area contributed by atoms with Crippen molar-refractivity contribution < 1.29 is 0 Å². The third-order valence-electron chi connectivity index (χ3n) is 1.82. The smallest absolute Gasteiger partial charge is 0.225 e. The Morgan fingerprint density at radius 2 is 2.36 bits per heavy atom. The lowest BCUT2D eigenvalue weighted by Gasteiger charge is -2.15. The van der Waals surface area contributed by atoms with Gasteiger partial charge in [-0.3, -0.25) is 5.41 Å². The van der Waals surface area contributed by atoms with Gasteiger partial charge in [0.2, 0.25) is 5.95 Å².